The minimum absolute atomic E-state index is 0.175. The van der Waals surface area contributed by atoms with Gasteiger partial charge in [-0.05, 0) is 49.2 Å². The summed E-state index contributed by atoms with van der Waals surface area (Å²) in [5, 5.41) is 9.33. The van der Waals surface area contributed by atoms with E-state index in [-0.39, 0.29) is 11.6 Å². The number of carboxylic acids is 1. The molecule has 1 aliphatic rings. The molecule has 0 radical (unpaired) electrons. The summed E-state index contributed by atoms with van der Waals surface area (Å²) in [4.78, 5) is 24.4. The highest BCUT2D eigenvalue weighted by molar-refractivity contribution is 5.96. The smallest absolute Gasteiger partial charge is 0.478 e. The second-order valence-electron chi connectivity index (χ2n) is 6.39. The van der Waals surface area contributed by atoms with E-state index in [0.717, 1.165) is 17.0 Å². The number of aromatic nitrogens is 1. The number of rotatable bonds is 3. The molecule has 1 amide bonds. The van der Waals surface area contributed by atoms with Crippen molar-refractivity contribution in [2.24, 2.45) is 0 Å². The normalized spacial score (nSPS) is 12.8. The van der Waals surface area contributed by atoms with Crippen LogP contribution in [0.15, 0.2) is 54.6 Å². The first-order valence-corrected chi connectivity index (χ1v) is 8.27. The van der Waals surface area contributed by atoms with Crippen molar-refractivity contribution in [3.63, 3.8) is 0 Å². The molecule has 1 aromatic heterocycles. The van der Waals surface area contributed by atoms with Crippen molar-refractivity contribution in [3.05, 3.63) is 77.0 Å². The van der Waals surface area contributed by atoms with Gasteiger partial charge in [-0.3, -0.25) is 0 Å². The molecule has 1 aliphatic heterocycles. The quantitative estimate of drug-likeness (QED) is 0.723. The van der Waals surface area contributed by atoms with E-state index < -0.39 is 5.97 Å². The lowest BCUT2D eigenvalue weighted by Crippen LogP contribution is -2.17. The van der Waals surface area contributed by atoms with Crippen molar-refractivity contribution in [1.29, 1.82) is 0 Å². The lowest BCUT2D eigenvalue weighted by Gasteiger charge is -2.08. The third-order valence-electron chi connectivity index (χ3n) is 4.65. The van der Waals surface area contributed by atoms with Crippen molar-refractivity contribution < 1.29 is 19.3 Å². The zero-order chi connectivity index (χ0) is 18.4. The highest BCUT2D eigenvalue weighted by Gasteiger charge is 2.35. The number of hydrogen-bond donors (Lipinski definition) is 1. The standard InChI is InChI=1S/C21H16N2O3/c1-13-10-17(11-14(2)19(13)20(24)25)22-12-16-8-9-18(23(16)21(22)26)15-6-4-3-5-7-15/h3-12H,1-2H3/p+1. The average molecular weight is 345 g/mol. The van der Waals surface area contributed by atoms with Gasteiger partial charge < -0.3 is 5.11 Å². The van der Waals surface area contributed by atoms with E-state index in [9.17, 15) is 14.7 Å². The molecule has 2 heterocycles. The Balaban J connectivity index is 1.78. The van der Waals surface area contributed by atoms with E-state index in [0.29, 0.717) is 16.8 Å². The lowest BCUT2D eigenvalue weighted by atomic mass is 10.0. The van der Waals surface area contributed by atoms with Crippen LogP contribution in [0, 0.1) is 13.8 Å². The summed E-state index contributed by atoms with van der Waals surface area (Å²) < 4.78 is 3.23. The third-order valence-corrected chi connectivity index (χ3v) is 4.65. The van der Waals surface area contributed by atoms with Crippen LogP contribution in [-0.2, 0) is 0 Å². The minimum atomic E-state index is -0.957. The average Bonchev–Trinajstić information content (AvgIpc) is 3.15. The van der Waals surface area contributed by atoms with Crippen LogP contribution in [0.5, 0.6) is 0 Å². The largest absolute Gasteiger partial charge is 0.509 e. The second-order valence-corrected chi connectivity index (χ2v) is 6.39. The molecule has 0 saturated carbocycles. The summed E-state index contributed by atoms with van der Waals surface area (Å²) in [6.07, 6.45) is 1.78. The summed E-state index contributed by atoms with van der Waals surface area (Å²) in [6, 6.07) is 16.9. The highest BCUT2D eigenvalue weighted by Crippen LogP contribution is 2.29. The van der Waals surface area contributed by atoms with Crippen molar-refractivity contribution >= 4 is 23.9 Å². The van der Waals surface area contributed by atoms with Crippen LogP contribution < -0.4 is 0 Å². The summed E-state index contributed by atoms with van der Waals surface area (Å²) in [7, 11) is 0. The van der Waals surface area contributed by atoms with Gasteiger partial charge in [-0.15, -0.1) is 0 Å². The van der Waals surface area contributed by atoms with E-state index in [1.807, 2.05) is 42.5 Å². The van der Waals surface area contributed by atoms with Crippen LogP contribution in [-0.4, -0.2) is 32.5 Å². The molecule has 4 rings (SSSR count). The minimum Gasteiger partial charge on any atom is -0.478 e. The lowest BCUT2D eigenvalue weighted by molar-refractivity contribution is -0.321. The van der Waals surface area contributed by atoms with Gasteiger partial charge in [0.15, 0.2) is 5.69 Å². The number of amides is 1. The Labute approximate surface area is 150 Å². The van der Waals surface area contributed by atoms with Gasteiger partial charge in [0.1, 0.15) is 17.6 Å². The third kappa shape index (κ3) is 2.37. The second kappa shape index (κ2) is 5.81. The van der Waals surface area contributed by atoms with Gasteiger partial charge in [0, 0.05) is 5.56 Å². The summed E-state index contributed by atoms with van der Waals surface area (Å²) in [5.41, 5.74) is 4.81. The van der Waals surface area contributed by atoms with Crippen molar-refractivity contribution in [3.8, 4) is 11.3 Å². The van der Waals surface area contributed by atoms with E-state index in [1.54, 1.807) is 41.3 Å². The molecule has 5 nitrogen and oxygen atoms in total. The van der Waals surface area contributed by atoms with Crippen LogP contribution in [0.4, 0.5) is 10.5 Å². The Morgan fingerprint density at radius 1 is 1.00 bits per heavy atom. The van der Waals surface area contributed by atoms with Crippen molar-refractivity contribution in [1.82, 2.24) is 4.57 Å². The Bertz CT molecular complexity index is 1070. The van der Waals surface area contributed by atoms with Crippen LogP contribution >= 0.6 is 0 Å². The molecule has 0 fully saturated rings. The molecule has 0 atom stereocenters. The first kappa shape index (κ1) is 16.0. The topological polar surface area (TPSA) is 62.3 Å². The molecule has 0 saturated heterocycles. The number of nitrogens with zero attached hydrogens (tertiary/aromatic N) is 2. The molecule has 0 unspecified atom stereocenters. The van der Waals surface area contributed by atoms with Crippen LogP contribution in [0.2, 0.25) is 0 Å². The first-order chi connectivity index (χ1) is 12.5. The van der Waals surface area contributed by atoms with Gasteiger partial charge in [-0.2, -0.15) is 13.9 Å². The van der Waals surface area contributed by atoms with Gasteiger partial charge in [0.2, 0.25) is 0 Å². The van der Waals surface area contributed by atoms with E-state index in [4.69, 9.17) is 0 Å². The summed E-state index contributed by atoms with van der Waals surface area (Å²) in [6.45, 7) is 3.49. The molecule has 0 spiro atoms. The van der Waals surface area contributed by atoms with Gasteiger partial charge in [0.05, 0.1) is 5.56 Å². The van der Waals surface area contributed by atoms with Crippen molar-refractivity contribution in [2.75, 3.05) is 0 Å². The van der Waals surface area contributed by atoms with Crippen LogP contribution in [0.25, 0.3) is 11.3 Å². The van der Waals surface area contributed by atoms with E-state index >= 15 is 0 Å². The number of aryl methyl sites for hydroxylation is 2. The zero-order valence-electron chi connectivity index (χ0n) is 14.4. The summed E-state index contributed by atoms with van der Waals surface area (Å²) in [5.74, 6) is -0.957. The fraction of sp³-hybridized carbons (Fsp3) is 0.0952. The van der Waals surface area contributed by atoms with Gasteiger partial charge in [0.25, 0.3) is 0 Å². The maximum Gasteiger partial charge on any atom is 0.509 e. The molecule has 0 bridgehead atoms. The molecular formula is C21H17N2O3+. The molecule has 3 aromatic rings. The number of carboxylic acid groups (broad SMARTS) is 1. The number of carbonyl (C=O) groups excluding carboxylic acids is 1. The SMILES string of the molecule is Cc1cc([N+]2=Cc3ccc(-c4ccccc4)n3C2=O)cc(C)c1C(=O)O. The summed E-state index contributed by atoms with van der Waals surface area (Å²) >= 11 is 0. The highest BCUT2D eigenvalue weighted by atomic mass is 16.4. The maximum absolute atomic E-state index is 13.0. The van der Waals surface area contributed by atoms with Crippen LogP contribution in [0.1, 0.15) is 27.2 Å². The van der Waals surface area contributed by atoms with Crippen LogP contribution in [0.3, 0.4) is 0 Å². The Morgan fingerprint density at radius 2 is 1.65 bits per heavy atom. The molecular weight excluding hydrogens is 328 g/mol. The Kier molecular flexibility index (Phi) is 3.58. The monoisotopic (exact) mass is 345 g/mol. The molecule has 128 valence electrons. The number of carbonyl (C=O) groups is 2. The fourth-order valence-corrected chi connectivity index (χ4v) is 3.50. The molecule has 2 aromatic carbocycles. The predicted octanol–water partition coefficient (Wildman–Crippen LogP) is 4.21. The molecule has 0 aliphatic carbocycles. The van der Waals surface area contributed by atoms with Gasteiger partial charge in [-0.1, -0.05) is 30.3 Å². The maximum atomic E-state index is 13.0. The Hall–Kier alpha value is -3.47. The number of fused-ring (bicyclic) bond motifs is 1. The predicted molar refractivity (Wildman–Crippen MR) is 98.6 cm³/mol. The number of benzene rings is 2. The number of aromatic carboxylic acids is 1. The van der Waals surface area contributed by atoms with E-state index in [2.05, 4.69) is 0 Å². The number of hydrogen-bond acceptors (Lipinski definition) is 2. The molecule has 1 N–H and O–H groups in total. The van der Waals surface area contributed by atoms with Gasteiger partial charge in [-0.25, -0.2) is 4.79 Å². The molecule has 5 heteroatoms. The first-order valence-electron chi connectivity index (χ1n) is 8.27. The zero-order valence-corrected chi connectivity index (χ0v) is 14.4. The van der Waals surface area contributed by atoms with Gasteiger partial charge >= 0.3 is 12.0 Å². The van der Waals surface area contributed by atoms with E-state index in [1.165, 1.54) is 0 Å². The fourth-order valence-electron chi connectivity index (χ4n) is 3.50. The molecule has 26 heavy (non-hydrogen) atoms. The van der Waals surface area contributed by atoms with Crippen molar-refractivity contribution in [2.45, 2.75) is 13.8 Å². The Morgan fingerprint density at radius 3 is 2.27 bits per heavy atom.